The molecule has 2 aromatic rings. The van der Waals surface area contributed by atoms with Crippen molar-refractivity contribution in [1.29, 1.82) is 0 Å². The second-order valence-corrected chi connectivity index (χ2v) is 11.7. The maximum absolute atomic E-state index is 14.8. The van der Waals surface area contributed by atoms with E-state index < -0.39 is 29.1 Å². The van der Waals surface area contributed by atoms with Crippen molar-refractivity contribution < 1.29 is 22.0 Å². The van der Waals surface area contributed by atoms with Crippen molar-refractivity contribution in [3.8, 4) is 0 Å². The highest BCUT2D eigenvalue weighted by Crippen LogP contribution is 2.39. The second-order valence-electron chi connectivity index (χ2n) is 11.7. The van der Waals surface area contributed by atoms with Crippen LogP contribution in [0.2, 0.25) is 0 Å². The summed E-state index contributed by atoms with van der Waals surface area (Å²) in [5.74, 6) is -2.91. The van der Waals surface area contributed by atoms with Crippen molar-refractivity contribution in [1.82, 2.24) is 0 Å². The molecule has 0 aromatic heterocycles. The molecule has 2 aliphatic carbocycles. The highest BCUT2D eigenvalue weighted by molar-refractivity contribution is 5.70. The van der Waals surface area contributed by atoms with Crippen molar-refractivity contribution in [2.24, 2.45) is 17.8 Å². The summed E-state index contributed by atoms with van der Waals surface area (Å²) in [6.45, 7) is 2.29. The molecular weight excluding hydrogens is 491 g/mol. The van der Waals surface area contributed by atoms with Gasteiger partial charge in [-0.3, -0.25) is 0 Å². The van der Waals surface area contributed by atoms with Crippen LogP contribution in [0.4, 0.5) is 22.0 Å². The summed E-state index contributed by atoms with van der Waals surface area (Å²) in [5, 5.41) is 0. The van der Waals surface area contributed by atoms with Gasteiger partial charge in [0.15, 0.2) is 17.5 Å². The maximum Gasteiger partial charge on any atom is 0.194 e. The van der Waals surface area contributed by atoms with Gasteiger partial charge in [-0.25, -0.2) is 22.0 Å². The smallest absolute Gasteiger partial charge is 0.194 e. The predicted molar refractivity (Wildman–Crippen MR) is 145 cm³/mol. The van der Waals surface area contributed by atoms with Crippen LogP contribution >= 0.6 is 0 Å². The molecule has 0 amide bonds. The lowest BCUT2D eigenvalue weighted by Gasteiger charge is -2.30. The molecule has 2 fully saturated rings. The van der Waals surface area contributed by atoms with Crippen LogP contribution in [-0.4, -0.2) is 0 Å². The van der Waals surface area contributed by atoms with Crippen molar-refractivity contribution in [2.75, 3.05) is 0 Å². The highest BCUT2D eigenvalue weighted by atomic mass is 19.2. The molecule has 0 unspecified atom stereocenters. The topological polar surface area (TPSA) is 0 Å². The molecule has 0 atom stereocenters. The number of rotatable bonds is 10. The molecule has 4 rings (SSSR count). The lowest BCUT2D eigenvalue weighted by Crippen LogP contribution is -2.15. The van der Waals surface area contributed by atoms with Crippen molar-refractivity contribution in [3.05, 3.63) is 70.0 Å². The fourth-order valence-corrected chi connectivity index (χ4v) is 6.72. The Morgan fingerprint density at radius 2 is 1.08 bits per heavy atom. The Hall–Kier alpha value is -2.17. The van der Waals surface area contributed by atoms with E-state index in [-0.39, 0.29) is 17.0 Å². The van der Waals surface area contributed by atoms with Gasteiger partial charge in [-0.15, -0.1) is 0 Å². The van der Waals surface area contributed by atoms with Gasteiger partial charge in [0.25, 0.3) is 0 Å². The third kappa shape index (κ3) is 7.70. The Morgan fingerprint density at radius 3 is 1.58 bits per heavy atom. The standard InChI is InChI=1S/C33H41F5/c1-2-5-22-8-10-23(11-9-22)6-3-4-7-24-12-15-26(16-13-24)27-20-29(34)28(30(35)21-27)17-14-25-18-31(36)33(38)32(37)19-25/h14,17-24,26H,2-13,15-16H2,1H3/t22-,23-,24?,26?. The summed E-state index contributed by atoms with van der Waals surface area (Å²) >= 11 is 0. The summed E-state index contributed by atoms with van der Waals surface area (Å²) in [6, 6.07) is 4.34. The zero-order chi connectivity index (χ0) is 27.1. The summed E-state index contributed by atoms with van der Waals surface area (Å²) in [7, 11) is 0. The predicted octanol–water partition coefficient (Wildman–Crippen LogP) is 11.0. The minimum atomic E-state index is -1.57. The van der Waals surface area contributed by atoms with E-state index in [2.05, 4.69) is 6.92 Å². The van der Waals surface area contributed by atoms with E-state index in [4.69, 9.17) is 0 Å². The van der Waals surface area contributed by atoms with Crippen LogP contribution in [-0.2, 0) is 0 Å². The van der Waals surface area contributed by atoms with Crippen LogP contribution in [0.3, 0.4) is 0 Å². The molecule has 5 heteroatoms. The molecule has 0 saturated heterocycles. The molecule has 2 aliphatic rings. The molecule has 38 heavy (non-hydrogen) atoms. The van der Waals surface area contributed by atoms with Crippen molar-refractivity contribution >= 4 is 12.2 Å². The fraction of sp³-hybridized carbons (Fsp3) is 0.576. The molecule has 0 bridgehead atoms. The average molecular weight is 533 g/mol. The Morgan fingerprint density at radius 1 is 0.605 bits per heavy atom. The largest absolute Gasteiger partial charge is 0.206 e. The van der Waals surface area contributed by atoms with Crippen molar-refractivity contribution in [2.45, 2.75) is 103 Å². The van der Waals surface area contributed by atoms with Crippen LogP contribution < -0.4 is 0 Å². The lowest BCUT2D eigenvalue weighted by atomic mass is 9.76. The van der Waals surface area contributed by atoms with Crippen LogP contribution in [0, 0.1) is 46.8 Å². The van der Waals surface area contributed by atoms with Crippen LogP contribution in [0.25, 0.3) is 12.2 Å². The Bertz CT molecular complexity index is 1030. The molecule has 2 saturated carbocycles. The van der Waals surface area contributed by atoms with Gasteiger partial charge in [-0.2, -0.15) is 0 Å². The lowest BCUT2D eigenvalue weighted by molar-refractivity contribution is 0.243. The monoisotopic (exact) mass is 532 g/mol. The van der Waals surface area contributed by atoms with Gasteiger partial charge in [0.2, 0.25) is 0 Å². The van der Waals surface area contributed by atoms with E-state index in [1.807, 2.05) is 0 Å². The normalized spacial score (nSPS) is 24.3. The minimum absolute atomic E-state index is 0.0121. The van der Waals surface area contributed by atoms with E-state index in [0.29, 0.717) is 11.5 Å². The van der Waals surface area contributed by atoms with Gasteiger partial charge in [0.1, 0.15) is 11.6 Å². The summed E-state index contributed by atoms with van der Waals surface area (Å²) in [4.78, 5) is 0. The zero-order valence-electron chi connectivity index (χ0n) is 22.6. The van der Waals surface area contributed by atoms with Gasteiger partial charge in [0.05, 0.1) is 0 Å². The maximum atomic E-state index is 14.8. The van der Waals surface area contributed by atoms with E-state index in [1.54, 1.807) is 0 Å². The Labute approximate surface area is 224 Å². The van der Waals surface area contributed by atoms with Gasteiger partial charge >= 0.3 is 0 Å². The number of halogens is 5. The first-order valence-corrected chi connectivity index (χ1v) is 14.7. The Kier molecular flexibility index (Phi) is 10.4. The van der Waals surface area contributed by atoms with E-state index in [9.17, 15) is 22.0 Å². The molecule has 0 heterocycles. The molecule has 0 spiro atoms. The molecule has 0 nitrogen and oxygen atoms in total. The number of hydrogen-bond acceptors (Lipinski definition) is 0. The second kappa shape index (κ2) is 13.8. The third-order valence-corrected chi connectivity index (χ3v) is 9.01. The minimum Gasteiger partial charge on any atom is -0.206 e. The van der Waals surface area contributed by atoms with Crippen LogP contribution in [0.15, 0.2) is 24.3 Å². The average Bonchev–Trinajstić information content (AvgIpc) is 2.90. The molecule has 208 valence electrons. The van der Waals surface area contributed by atoms with Crippen molar-refractivity contribution in [3.63, 3.8) is 0 Å². The van der Waals surface area contributed by atoms with Gasteiger partial charge in [-0.1, -0.05) is 77.2 Å². The first-order chi connectivity index (χ1) is 18.3. The van der Waals surface area contributed by atoms with Gasteiger partial charge in [0, 0.05) is 5.56 Å². The molecule has 0 radical (unpaired) electrons. The first kappa shape index (κ1) is 28.8. The number of benzene rings is 2. The molecular formula is C33H41F5. The summed E-state index contributed by atoms with van der Waals surface area (Å²) < 4.78 is 69.5. The van der Waals surface area contributed by atoms with Crippen LogP contribution in [0.1, 0.15) is 119 Å². The summed E-state index contributed by atoms with van der Waals surface area (Å²) in [5.41, 5.74) is 0.390. The molecule has 0 aliphatic heterocycles. The third-order valence-electron chi connectivity index (χ3n) is 9.01. The first-order valence-electron chi connectivity index (χ1n) is 14.7. The van der Waals surface area contributed by atoms with Gasteiger partial charge in [-0.05, 0) is 90.8 Å². The molecule has 2 aromatic carbocycles. The van der Waals surface area contributed by atoms with E-state index in [0.717, 1.165) is 55.7 Å². The van der Waals surface area contributed by atoms with E-state index in [1.165, 1.54) is 82.4 Å². The highest BCUT2D eigenvalue weighted by Gasteiger charge is 2.25. The fourth-order valence-electron chi connectivity index (χ4n) is 6.72. The summed E-state index contributed by atoms with van der Waals surface area (Å²) in [6.07, 6.45) is 20.0. The SMILES string of the molecule is CCC[C@H]1CC[C@H](CCCCC2CCC(c3cc(F)c(C=Cc4cc(F)c(F)c(F)c4)c(F)c3)CC2)CC1. The molecule has 0 N–H and O–H groups in total. The quantitative estimate of drug-likeness (QED) is 0.124. The van der Waals surface area contributed by atoms with Crippen LogP contribution in [0.5, 0.6) is 0 Å². The number of unbranched alkanes of at least 4 members (excludes halogenated alkanes) is 1. The number of hydrogen-bond donors (Lipinski definition) is 0. The Balaban J connectivity index is 1.22. The zero-order valence-corrected chi connectivity index (χ0v) is 22.6. The van der Waals surface area contributed by atoms with Gasteiger partial charge < -0.3 is 0 Å². The van der Waals surface area contributed by atoms with E-state index >= 15 is 0 Å².